The standard InChI is InChI=1S/C64H87ClN8O11S/c1-44-61(85-43-69-44)46-18-16-45(17-19-46)40-68-62(77)55-34-49(75)42-73(55)63(78)51(64(2,3)4)33-48(74)15-10-9-13-27-82-30-32-83-31-29-81-26-12-8-7-11-20-71-22-24-72(25-23-71)21-14-28-84-59-37-53-50(35-58(59)80-6)60(47(39-66)41-67-53)70-54-38-57(79-5)52(65)36-56(54)76/h16-19,35-38,41,43,49,51,55,75-76H,7-15,20-34,40,42H2,1-6H3,(H,67,70)(H,68,77)/t49-,51-,55+/m1/s1. The number of nitriles is 1. The molecule has 85 heavy (non-hydrogen) atoms. The number of benzene rings is 3. The molecule has 0 saturated carbocycles. The molecule has 2 amide bonds. The molecule has 19 nitrogen and oxygen atoms in total. The second kappa shape index (κ2) is 33.7. The molecule has 4 heterocycles. The van der Waals surface area contributed by atoms with E-state index in [4.69, 9.17) is 40.0 Å². The summed E-state index contributed by atoms with van der Waals surface area (Å²) < 4.78 is 34.5. The molecule has 0 spiro atoms. The number of amides is 2. The van der Waals surface area contributed by atoms with Crippen molar-refractivity contribution in [1.29, 1.82) is 5.26 Å². The zero-order valence-corrected chi connectivity index (χ0v) is 52.0. The number of Topliss-reactive ketones (excluding diaryl/α,β-unsaturated/α-hetero) is 1. The smallest absolute Gasteiger partial charge is 0.243 e. The molecule has 5 aromatic rings. The lowest BCUT2D eigenvalue weighted by Gasteiger charge is -2.34. The first-order valence-electron chi connectivity index (χ1n) is 29.9. The molecule has 2 saturated heterocycles. The van der Waals surface area contributed by atoms with Crippen molar-refractivity contribution in [2.24, 2.45) is 11.3 Å². The minimum atomic E-state index is -0.813. The number of phenols is 1. The van der Waals surface area contributed by atoms with Crippen molar-refractivity contribution in [3.05, 3.63) is 82.1 Å². The van der Waals surface area contributed by atoms with E-state index in [9.17, 15) is 29.9 Å². The minimum Gasteiger partial charge on any atom is -0.506 e. The summed E-state index contributed by atoms with van der Waals surface area (Å²) in [6.45, 7) is 18.3. The van der Waals surface area contributed by atoms with Crippen LogP contribution >= 0.6 is 22.9 Å². The number of nitrogens with one attached hydrogen (secondary N) is 2. The number of piperazine rings is 1. The van der Waals surface area contributed by atoms with E-state index in [0.29, 0.717) is 98.6 Å². The first kappa shape index (κ1) is 66.4. The molecule has 2 aliphatic heterocycles. The maximum atomic E-state index is 14.1. The Morgan fingerprint density at radius 1 is 0.812 bits per heavy atom. The largest absolute Gasteiger partial charge is 0.506 e. The van der Waals surface area contributed by atoms with Crippen LogP contribution in [0.5, 0.6) is 23.0 Å². The third kappa shape index (κ3) is 19.9. The molecular formula is C64H87ClN8O11S. The van der Waals surface area contributed by atoms with Gasteiger partial charge in [0.05, 0.1) is 96.9 Å². The number of anilines is 2. The molecule has 2 aliphatic rings. The Kier molecular flexibility index (Phi) is 26.3. The highest BCUT2D eigenvalue weighted by atomic mass is 35.5. The van der Waals surface area contributed by atoms with Crippen molar-refractivity contribution in [2.75, 3.05) is 112 Å². The Labute approximate surface area is 510 Å². The molecule has 0 radical (unpaired) electrons. The van der Waals surface area contributed by atoms with E-state index in [2.05, 4.69) is 36.5 Å². The van der Waals surface area contributed by atoms with Crippen molar-refractivity contribution >= 4 is 62.8 Å². The van der Waals surface area contributed by atoms with E-state index in [1.54, 1.807) is 36.6 Å². The first-order chi connectivity index (χ1) is 41.1. The van der Waals surface area contributed by atoms with Gasteiger partial charge in [0.2, 0.25) is 11.8 Å². The van der Waals surface area contributed by atoms with Crippen LogP contribution in [-0.2, 0) is 35.1 Å². The lowest BCUT2D eigenvalue weighted by atomic mass is 9.76. The van der Waals surface area contributed by atoms with Gasteiger partial charge in [-0.3, -0.25) is 19.4 Å². The van der Waals surface area contributed by atoms with Crippen LogP contribution in [0.15, 0.2) is 60.2 Å². The lowest BCUT2D eigenvalue weighted by molar-refractivity contribution is -0.146. The van der Waals surface area contributed by atoms with Crippen molar-refractivity contribution in [3.8, 4) is 39.5 Å². The number of halogens is 1. The van der Waals surface area contributed by atoms with Crippen LogP contribution in [0.1, 0.15) is 108 Å². The number of aromatic nitrogens is 2. The van der Waals surface area contributed by atoms with Gasteiger partial charge in [0.1, 0.15) is 29.4 Å². The van der Waals surface area contributed by atoms with E-state index < -0.39 is 23.5 Å². The van der Waals surface area contributed by atoms with Crippen molar-refractivity contribution in [2.45, 2.75) is 117 Å². The molecule has 0 unspecified atom stereocenters. The number of likely N-dealkylation sites (tertiary alicyclic amines) is 1. The number of methoxy groups -OCH3 is 2. The van der Waals surface area contributed by atoms with E-state index in [1.807, 2.05) is 57.5 Å². The number of hydrogen-bond donors (Lipinski definition) is 4. The number of unbranched alkanes of at least 4 members (excludes halogenated alkanes) is 5. The van der Waals surface area contributed by atoms with Gasteiger partial charge >= 0.3 is 0 Å². The summed E-state index contributed by atoms with van der Waals surface area (Å²) in [4.78, 5) is 57.3. The van der Waals surface area contributed by atoms with Gasteiger partial charge < -0.3 is 64.0 Å². The summed E-state index contributed by atoms with van der Waals surface area (Å²) in [6.07, 6.45) is 9.03. The predicted molar refractivity (Wildman–Crippen MR) is 331 cm³/mol. The van der Waals surface area contributed by atoms with E-state index >= 15 is 0 Å². The molecule has 462 valence electrons. The Hall–Kier alpha value is -6.15. The number of rotatable bonds is 35. The number of ketones is 1. The van der Waals surface area contributed by atoms with Crippen LogP contribution in [-0.4, -0.2) is 171 Å². The average Bonchev–Trinajstić information content (AvgIpc) is 4.23. The highest BCUT2D eigenvalue weighted by Crippen LogP contribution is 2.41. The Bertz CT molecular complexity index is 2980. The van der Waals surface area contributed by atoms with Gasteiger partial charge in [0.25, 0.3) is 0 Å². The fourth-order valence-electron chi connectivity index (χ4n) is 10.7. The Morgan fingerprint density at radius 3 is 2.09 bits per heavy atom. The third-order valence-corrected chi connectivity index (χ3v) is 17.0. The van der Waals surface area contributed by atoms with Gasteiger partial charge in [-0.1, -0.05) is 75.9 Å². The summed E-state index contributed by atoms with van der Waals surface area (Å²) in [5.41, 5.74) is 5.93. The number of aryl methyl sites for hydroxylation is 1. The number of β-amino-alcohol motifs (C(OH)–C–C–N with tert-alkyl or cyclic N) is 1. The van der Waals surface area contributed by atoms with Crippen LogP contribution in [0, 0.1) is 29.6 Å². The second-order valence-electron chi connectivity index (χ2n) is 23.0. The molecule has 3 atom stereocenters. The number of thiazole rings is 1. The highest BCUT2D eigenvalue weighted by molar-refractivity contribution is 7.13. The molecule has 2 aromatic heterocycles. The number of aliphatic hydroxyl groups is 1. The Balaban J connectivity index is 0.660. The first-order valence-corrected chi connectivity index (χ1v) is 31.1. The van der Waals surface area contributed by atoms with Crippen LogP contribution in [0.3, 0.4) is 0 Å². The molecular weight excluding hydrogens is 1120 g/mol. The molecule has 0 bridgehead atoms. The zero-order valence-electron chi connectivity index (χ0n) is 50.4. The molecule has 4 N–H and O–H groups in total. The van der Waals surface area contributed by atoms with Gasteiger partial charge in [-0.15, -0.1) is 11.3 Å². The monoisotopic (exact) mass is 1210 g/mol. The van der Waals surface area contributed by atoms with Gasteiger partial charge in [-0.2, -0.15) is 5.26 Å². The summed E-state index contributed by atoms with van der Waals surface area (Å²) in [7, 11) is 3.06. The molecule has 7 rings (SSSR count). The number of carbonyl (C=O) groups is 3. The highest BCUT2D eigenvalue weighted by Gasteiger charge is 2.44. The van der Waals surface area contributed by atoms with E-state index in [0.717, 1.165) is 99.7 Å². The summed E-state index contributed by atoms with van der Waals surface area (Å²) in [6, 6.07) is 15.9. The number of fused-ring (bicyclic) bond motifs is 1. The molecule has 21 heteroatoms. The molecule has 3 aromatic carbocycles. The SMILES string of the molecule is COc1cc(Nc2c(C#N)cnc3cc(OCCCN4CCN(CCCCCCOCCOCCOCCCCCC(=O)C[C@H](C(=O)N5C[C@H](O)C[C@H]5C(=O)NCc5ccc(-c6scnc6C)cc5)C(C)(C)C)CC4)c(OC)cc23)c(O)cc1Cl. The summed E-state index contributed by atoms with van der Waals surface area (Å²) >= 11 is 7.77. The fraction of sp³-hybridized carbons (Fsp3) is 0.562. The maximum absolute atomic E-state index is 14.1. The van der Waals surface area contributed by atoms with Gasteiger partial charge in [0.15, 0.2) is 11.5 Å². The second-order valence-corrected chi connectivity index (χ2v) is 24.3. The third-order valence-electron chi connectivity index (χ3n) is 15.7. The lowest BCUT2D eigenvalue weighted by Crippen LogP contribution is -2.50. The number of nitrogens with zero attached hydrogens (tertiary/aromatic N) is 6. The van der Waals surface area contributed by atoms with Crippen LogP contribution < -0.4 is 24.8 Å². The topological polar surface area (TPSA) is 230 Å². The van der Waals surface area contributed by atoms with Crippen molar-refractivity contribution in [3.63, 3.8) is 0 Å². The normalized spacial score (nSPS) is 16.1. The van der Waals surface area contributed by atoms with Crippen molar-refractivity contribution < 1.29 is 53.0 Å². The number of aromatic hydroxyl groups is 1. The average molecular weight is 1210 g/mol. The Morgan fingerprint density at radius 2 is 1.46 bits per heavy atom. The van der Waals surface area contributed by atoms with E-state index in [1.165, 1.54) is 37.1 Å². The predicted octanol–water partition coefficient (Wildman–Crippen LogP) is 10.1. The maximum Gasteiger partial charge on any atom is 0.243 e. The number of pyridine rings is 1. The number of aliphatic hydroxyl groups excluding tert-OH is 1. The quantitative estimate of drug-likeness (QED) is 0.0218. The minimum absolute atomic E-state index is 0.0223. The van der Waals surface area contributed by atoms with Gasteiger partial charge in [-0.25, -0.2) is 4.98 Å². The zero-order chi connectivity index (χ0) is 60.7. The number of phenolic OH excluding ortho intramolecular Hbond substituents is 1. The molecule has 2 fully saturated rings. The number of hydrogen-bond acceptors (Lipinski definition) is 18. The van der Waals surface area contributed by atoms with Gasteiger partial charge in [-0.05, 0) is 68.2 Å². The summed E-state index contributed by atoms with van der Waals surface area (Å²) in [5.74, 6) is 0.168. The summed E-state index contributed by atoms with van der Waals surface area (Å²) in [5, 5.41) is 38.1. The fourth-order valence-corrected chi connectivity index (χ4v) is 11.8. The number of carbonyl (C=O) groups excluding carboxylic acids is 3. The van der Waals surface area contributed by atoms with E-state index in [-0.39, 0.29) is 53.3 Å². The van der Waals surface area contributed by atoms with Crippen LogP contribution in [0.2, 0.25) is 5.02 Å². The molecule has 0 aliphatic carbocycles. The number of ether oxygens (including phenoxy) is 6. The van der Waals surface area contributed by atoms with Crippen LogP contribution in [0.4, 0.5) is 11.4 Å². The van der Waals surface area contributed by atoms with Crippen molar-refractivity contribution in [1.82, 2.24) is 30.0 Å². The van der Waals surface area contributed by atoms with Crippen LogP contribution in [0.25, 0.3) is 21.3 Å². The van der Waals surface area contributed by atoms with Gasteiger partial charge in [0, 0.05) is 114 Å².